The van der Waals surface area contributed by atoms with Crippen molar-refractivity contribution in [2.24, 2.45) is 0 Å². The van der Waals surface area contributed by atoms with E-state index in [0.717, 1.165) is 16.9 Å². The second-order valence-electron chi connectivity index (χ2n) is 6.80. The van der Waals surface area contributed by atoms with Gasteiger partial charge in [-0.3, -0.25) is 4.79 Å². The molecule has 0 fully saturated rings. The normalized spacial score (nSPS) is 12.6. The Balaban J connectivity index is 1.96. The third-order valence-electron chi connectivity index (χ3n) is 4.88. The number of amides is 1. The zero-order valence-electron chi connectivity index (χ0n) is 17.5. The number of nitrogens with zero attached hydrogens (tertiary/aromatic N) is 1. The molecule has 0 bridgehead atoms. The van der Waals surface area contributed by atoms with Crippen LogP contribution in [0.15, 0.2) is 53.4 Å². The summed E-state index contributed by atoms with van der Waals surface area (Å²) in [7, 11) is -1.86. The second-order valence-corrected chi connectivity index (χ2v) is 8.74. The highest BCUT2D eigenvalue weighted by atomic mass is 32.2. The van der Waals surface area contributed by atoms with Gasteiger partial charge in [0.1, 0.15) is 5.75 Å². The molecule has 1 atom stereocenters. The van der Waals surface area contributed by atoms with Crippen LogP contribution in [0.5, 0.6) is 5.75 Å². The molecule has 7 heteroatoms. The molecule has 0 radical (unpaired) electrons. The number of rotatable bonds is 10. The van der Waals surface area contributed by atoms with Gasteiger partial charge in [0.25, 0.3) is 0 Å². The molecule has 0 aliphatic rings. The maximum absolute atomic E-state index is 12.6. The Hall–Kier alpha value is -2.38. The predicted molar refractivity (Wildman–Crippen MR) is 114 cm³/mol. The number of hydrogen-bond donors (Lipinski definition) is 1. The van der Waals surface area contributed by atoms with Gasteiger partial charge in [-0.2, -0.15) is 4.31 Å². The Kier molecular flexibility index (Phi) is 8.22. The van der Waals surface area contributed by atoms with Gasteiger partial charge >= 0.3 is 0 Å². The van der Waals surface area contributed by atoms with Crippen LogP contribution in [0, 0.1) is 0 Å². The highest BCUT2D eigenvalue weighted by Crippen LogP contribution is 2.20. The molecule has 2 aromatic carbocycles. The lowest BCUT2D eigenvalue weighted by molar-refractivity contribution is -0.121. The summed E-state index contributed by atoms with van der Waals surface area (Å²) in [6, 6.07) is 14.2. The van der Waals surface area contributed by atoms with E-state index in [1.54, 1.807) is 31.4 Å². The number of carbonyl (C=O) groups is 1. The summed E-state index contributed by atoms with van der Waals surface area (Å²) >= 11 is 0. The van der Waals surface area contributed by atoms with Gasteiger partial charge in [0.05, 0.1) is 18.0 Å². The first-order chi connectivity index (χ1) is 13.8. The number of sulfonamides is 1. The first-order valence-electron chi connectivity index (χ1n) is 9.84. The van der Waals surface area contributed by atoms with Crippen molar-refractivity contribution in [1.82, 2.24) is 9.62 Å². The Morgan fingerprint density at radius 1 is 1.10 bits per heavy atom. The van der Waals surface area contributed by atoms with E-state index in [0.29, 0.717) is 25.9 Å². The molecule has 1 N–H and O–H groups in total. The van der Waals surface area contributed by atoms with Crippen molar-refractivity contribution < 1.29 is 17.9 Å². The molecular formula is C22H30N2O4S. The van der Waals surface area contributed by atoms with Crippen molar-refractivity contribution in [3.05, 3.63) is 59.7 Å². The largest absolute Gasteiger partial charge is 0.497 e. The van der Waals surface area contributed by atoms with Crippen LogP contribution >= 0.6 is 0 Å². The summed E-state index contributed by atoms with van der Waals surface area (Å²) in [6.45, 7) is 6.38. The van der Waals surface area contributed by atoms with E-state index < -0.39 is 10.0 Å². The summed E-state index contributed by atoms with van der Waals surface area (Å²) in [5.41, 5.74) is 1.90. The van der Waals surface area contributed by atoms with Crippen LogP contribution < -0.4 is 10.1 Å². The summed E-state index contributed by atoms with van der Waals surface area (Å²) in [5, 5.41) is 2.97. The highest BCUT2D eigenvalue weighted by Gasteiger charge is 2.21. The summed E-state index contributed by atoms with van der Waals surface area (Å²) in [6.07, 6.45) is 0.989. The molecule has 6 nitrogen and oxygen atoms in total. The van der Waals surface area contributed by atoms with Gasteiger partial charge in [0.15, 0.2) is 0 Å². The fraction of sp³-hybridized carbons (Fsp3) is 0.409. The molecule has 0 aliphatic heterocycles. The van der Waals surface area contributed by atoms with Crippen molar-refractivity contribution in [1.29, 1.82) is 0 Å². The lowest BCUT2D eigenvalue weighted by Crippen LogP contribution is -2.30. The molecule has 1 unspecified atom stereocenters. The minimum absolute atomic E-state index is 0.0554. The lowest BCUT2D eigenvalue weighted by Gasteiger charge is -2.19. The summed E-state index contributed by atoms with van der Waals surface area (Å²) in [5.74, 6) is 0.719. The molecule has 29 heavy (non-hydrogen) atoms. The Morgan fingerprint density at radius 2 is 1.76 bits per heavy atom. The SMILES string of the molecule is CCN(CC)S(=O)(=O)c1ccc(C(C)NC(=O)CCc2cccc(OC)c2)cc1. The summed E-state index contributed by atoms with van der Waals surface area (Å²) in [4.78, 5) is 12.6. The molecule has 2 rings (SSSR count). The number of nitrogens with one attached hydrogen (secondary N) is 1. The highest BCUT2D eigenvalue weighted by molar-refractivity contribution is 7.89. The molecule has 0 heterocycles. The van der Waals surface area contributed by atoms with Gasteiger partial charge in [-0.25, -0.2) is 8.42 Å². The smallest absolute Gasteiger partial charge is 0.243 e. The van der Waals surface area contributed by atoms with E-state index in [1.165, 1.54) is 4.31 Å². The van der Waals surface area contributed by atoms with E-state index in [9.17, 15) is 13.2 Å². The molecule has 0 spiro atoms. The molecule has 2 aromatic rings. The fourth-order valence-corrected chi connectivity index (χ4v) is 4.58. The van der Waals surface area contributed by atoms with E-state index in [4.69, 9.17) is 4.74 Å². The Morgan fingerprint density at radius 3 is 2.34 bits per heavy atom. The number of methoxy groups -OCH3 is 1. The van der Waals surface area contributed by atoms with Crippen molar-refractivity contribution in [2.75, 3.05) is 20.2 Å². The Labute approximate surface area is 173 Å². The third-order valence-corrected chi connectivity index (χ3v) is 6.94. The molecule has 0 saturated carbocycles. The minimum Gasteiger partial charge on any atom is -0.497 e. The van der Waals surface area contributed by atoms with Gasteiger partial charge in [-0.15, -0.1) is 0 Å². The van der Waals surface area contributed by atoms with Gasteiger partial charge in [0.2, 0.25) is 15.9 Å². The van der Waals surface area contributed by atoms with E-state index in [2.05, 4.69) is 5.32 Å². The first kappa shape index (κ1) is 22.9. The predicted octanol–water partition coefficient (Wildman–Crippen LogP) is 3.54. The van der Waals surface area contributed by atoms with Crippen LogP contribution in [-0.4, -0.2) is 38.8 Å². The van der Waals surface area contributed by atoms with Crippen molar-refractivity contribution >= 4 is 15.9 Å². The standard InChI is InChI=1S/C22H30N2O4S/c1-5-24(6-2)29(26,27)21-13-11-19(12-14-21)17(3)23-22(25)15-10-18-8-7-9-20(16-18)28-4/h7-9,11-14,16-17H,5-6,10,15H2,1-4H3,(H,23,25). The van der Waals surface area contributed by atoms with Crippen LogP contribution in [0.3, 0.4) is 0 Å². The third kappa shape index (κ3) is 6.05. The van der Waals surface area contributed by atoms with Gasteiger partial charge in [-0.1, -0.05) is 38.1 Å². The minimum atomic E-state index is -3.48. The van der Waals surface area contributed by atoms with E-state index in [-0.39, 0.29) is 16.8 Å². The molecule has 0 aromatic heterocycles. The van der Waals surface area contributed by atoms with Gasteiger partial charge < -0.3 is 10.1 Å². The topological polar surface area (TPSA) is 75.7 Å². The van der Waals surface area contributed by atoms with Crippen LogP contribution in [0.4, 0.5) is 0 Å². The molecule has 0 aliphatic carbocycles. The number of ether oxygens (including phenoxy) is 1. The van der Waals surface area contributed by atoms with Crippen LogP contribution in [-0.2, 0) is 21.2 Å². The maximum atomic E-state index is 12.6. The summed E-state index contributed by atoms with van der Waals surface area (Å²) < 4.78 is 31.8. The quantitative estimate of drug-likeness (QED) is 0.640. The van der Waals surface area contributed by atoms with Crippen LogP contribution in [0.2, 0.25) is 0 Å². The number of carbonyl (C=O) groups excluding carboxylic acids is 1. The lowest BCUT2D eigenvalue weighted by atomic mass is 10.1. The van der Waals surface area contributed by atoms with Crippen molar-refractivity contribution in [3.63, 3.8) is 0 Å². The fourth-order valence-electron chi connectivity index (χ4n) is 3.12. The zero-order valence-corrected chi connectivity index (χ0v) is 18.3. The van der Waals surface area contributed by atoms with Crippen molar-refractivity contribution in [3.8, 4) is 5.75 Å². The molecule has 158 valence electrons. The van der Waals surface area contributed by atoms with E-state index in [1.807, 2.05) is 45.0 Å². The average molecular weight is 419 g/mol. The van der Waals surface area contributed by atoms with Gasteiger partial charge in [0, 0.05) is 19.5 Å². The van der Waals surface area contributed by atoms with Crippen molar-refractivity contribution in [2.45, 2.75) is 44.6 Å². The molecular weight excluding hydrogens is 388 g/mol. The van der Waals surface area contributed by atoms with Crippen LogP contribution in [0.1, 0.15) is 44.4 Å². The monoisotopic (exact) mass is 418 g/mol. The number of aryl methyl sites for hydroxylation is 1. The Bertz CT molecular complexity index is 907. The zero-order chi connectivity index (χ0) is 21.4. The maximum Gasteiger partial charge on any atom is 0.243 e. The van der Waals surface area contributed by atoms with E-state index >= 15 is 0 Å². The average Bonchev–Trinajstić information content (AvgIpc) is 2.73. The van der Waals surface area contributed by atoms with Gasteiger partial charge in [-0.05, 0) is 48.7 Å². The molecule has 1 amide bonds. The van der Waals surface area contributed by atoms with Crippen LogP contribution in [0.25, 0.3) is 0 Å². The first-order valence-corrected chi connectivity index (χ1v) is 11.3. The second kappa shape index (κ2) is 10.4. The molecule has 0 saturated heterocycles. The number of benzene rings is 2. The number of hydrogen-bond acceptors (Lipinski definition) is 4.